The summed E-state index contributed by atoms with van der Waals surface area (Å²) >= 11 is 0. The molecule has 0 bridgehead atoms. The highest BCUT2D eigenvalue weighted by Gasteiger charge is 2.33. The van der Waals surface area contributed by atoms with Crippen LogP contribution in [-0.4, -0.2) is 90.3 Å². The van der Waals surface area contributed by atoms with Crippen molar-refractivity contribution in [2.45, 2.75) is 56.5 Å². The molecule has 1 aromatic heterocycles. The van der Waals surface area contributed by atoms with Gasteiger partial charge in [-0.15, -0.1) is 0 Å². The Labute approximate surface area is 216 Å². The second-order valence-corrected chi connectivity index (χ2v) is 8.54. The minimum absolute atomic E-state index is 0.0257. The van der Waals surface area contributed by atoms with E-state index in [-0.39, 0.29) is 18.6 Å². The topological polar surface area (TPSA) is 257 Å². The first-order valence-corrected chi connectivity index (χ1v) is 11.4. The van der Waals surface area contributed by atoms with Crippen molar-refractivity contribution >= 4 is 29.7 Å². The Morgan fingerprint density at radius 1 is 0.947 bits per heavy atom. The second kappa shape index (κ2) is 13.7. The molecule has 10 N–H and O–H groups in total. The Balaban J connectivity index is 2.16. The van der Waals surface area contributed by atoms with Gasteiger partial charge in [0.05, 0.1) is 24.9 Å². The number of carbonyl (C=O) groups is 5. The van der Waals surface area contributed by atoms with Gasteiger partial charge < -0.3 is 47.1 Å². The number of carboxylic acids is 2. The molecule has 2 rings (SSSR count). The fourth-order valence-corrected chi connectivity index (χ4v) is 3.37. The Morgan fingerprint density at radius 2 is 1.58 bits per heavy atom. The van der Waals surface area contributed by atoms with Gasteiger partial charge in [0, 0.05) is 24.7 Å². The maximum absolute atomic E-state index is 13.1. The lowest BCUT2D eigenvalue weighted by Crippen LogP contribution is -2.60. The van der Waals surface area contributed by atoms with E-state index in [2.05, 4.69) is 25.9 Å². The molecule has 15 heteroatoms. The molecule has 2 aromatic rings. The van der Waals surface area contributed by atoms with Crippen LogP contribution in [0.25, 0.3) is 0 Å². The van der Waals surface area contributed by atoms with Gasteiger partial charge >= 0.3 is 11.9 Å². The predicted octanol–water partition coefficient (Wildman–Crippen LogP) is -2.38. The van der Waals surface area contributed by atoms with Crippen LogP contribution in [0.2, 0.25) is 0 Å². The van der Waals surface area contributed by atoms with Crippen molar-refractivity contribution in [3.8, 4) is 5.75 Å². The maximum Gasteiger partial charge on any atom is 0.326 e. The fourth-order valence-electron chi connectivity index (χ4n) is 3.37. The van der Waals surface area contributed by atoms with Crippen LogP contribution in [0.3, 0.4) is 0 Å². The lowest BCUT2D eigenvalue weighted by molar-refractivity contribution is -0.143. The van der Waals surface area contributed by atoms with E-state index < -0.39 is 66.4 Å². The van der Waals surface area contributed by atoms with E-state index in [1.807, 2.05) is 0 Å². The van der Waals surface area contributed by atoms with E-state index in [9.17, 15) is 39.3 Å². The summed E-state index contributed by atoms with van der Waals surface area (Å²) < 4.78 is 0. The summed E-state index contributed by atoms with van der Waals surface area (Å²) in [6.07, 6.45) is 0.240. The van der Waals surface area contributed by atoms with Crippen molar-refractivity contribution in [3.05, 3.63) is 48.0 Å². The molecule has 15 nitrogen and oxygen atoms in total. The SMILES string of the molecule is CC(O)C(NC(=O)C(Cc1cnc[nH]1)NC(=O)C(N)CC(=O)O)C(=O)NC(Cc1ccc(O)cc1)C(=O)O. The molecule has 0 aliphatic rings. The Kier molecular flexibility index (Phi) is 10.7. The normalized spacial score (nSPS) is 14.8. The third-order valence-corrected chi connectivity index (χ3v) is 5.40. The predicted molar refractivity (Wildman–Crippen MR) is 129 cm³/mol. The van der Waals surface area contributed by atoms with Gasteiger partial charge in [0.2, 0.25) is 17.7 Å². The fraction of sp³-hybridized carbons (Fsp3) is 0.391. The van der Waals surface area contributed by atoms with E-state index in [0.29, 0.717) is 11.3 Å². The molecule has 0 saturated heterocycles. The average molecular weight is 535 g/mol. The number of aromatic amines is 1. The number of hydrogen-bond donors (Lipinski definition) is 9. The molecule has 1 heterocycles. The van der Waals surface area contributed by atoms with Gasteiger partial charge in [0.1, 0.15) is 23.9 Å². The number of aromatic nitrogens is 2. The number of amides is 3. The number of benzene rings is 1. The van der Waals surface area contributed by atoms with Gasteiger partial charge in [-0.25, -0.2) is 9.78 Å². The number of carboxylic acid groups (broad SMARTS) is 2. The number of aromatic hydroxyl groups is 1. The molecular formula is C23H30N6O9. The monoisotopic (exact) mass is 534 g/mol. The minimum atomic E-state index is -1.61. The number of aliphatic hydroxyl groups excluding tert-OH is 1. The van der Waals surface area contributed by atoms with E-state index in [1.54, 1.807) is 0 Å². The lowest BCUT2D eigenvalue weighted by Gasteiger charge is -2.26. The molecule has 38 heavy (non-hydrogen) atoms. The Morgan fingerprint density at radius 3 is 2.11 bits per heavy atom. The number of H-pyrrole nitrogens is 1. The van der Waals surface area contributed by atoms with Crippen molar-refractivity contribution in [2.24, 2.45) is 5.73 Å². The number of nitrogens with two attached hydrogens (primary N) is 1. The number of nitrogens with one attached hydrogen (secondary N) is 4. The molecular weight excluding hydrogens is 504 g/mol. The van der Waals surface area contributed by atoms with Gasteiger partial charge in [-0.1, -0.05) is 12.1 Å². The van der Waals surface area contributed by atoms with Crippen molar-refractivity contribution in [1.29, 1.82) is 0 Å². The summed E-state index contributed by atoms with van der Waals surface area (Å²) in [4.78, 5) is 67.5. The van der Waals surface area contributed by atoms with Crippen LogP contribution >= 0.6 is 0 Å². The maximum atomic E-state index is 13.1. The van der Waals surface area contributed by atoms with Gasteiger partial charge in [-0.05, 0) is 24.6 Å². The van der Waals surface area contributed by atoms with Gasteiger partial charge in [0.25, 0.3) is 0 Å². The molecule has 0 saturated carbocycles. The molecule has 3 amide bonds. The van der Waals surface area contributed by atoms with Crippen molar-refractivity contribution in [3.63, 3.8) is 0 Å². The summed E-state index contributed by atoms with van der Waals surface area (Å²) in [6, 6.07) is -0.207. The minimum Gasteiger partial charge on any atom is -0.508 e. The van der Waals surface area contributed by atoms with Gasteiger partial charge in [-0.2, -0.15) is 0 Å². The first kappa shape index (κ1) is 29.7. The first-order valence-electron chi connectivity index (χ1n) is 11.4. The smallest absolute Gasteiger partial charge is 0.326 e. The second-order valence-electron chi connectivity index (χ2n) is 8.54. The van der Waals surface area contributed by atoms with Crippen LogP contribution in [0.4, 0.5) is 0 Å². The number of phenolic OH excluding ortho intramolecular Hbond substituents is 1. The molecule has 0 aliphatic heterocycles. The lowest BCUT2D eigenvalue weighted by atomic mass is 10.0. The third-order valence-electron chi connectivity index (χ3n) is 5.40. The summed E-state index contributed by atoms with van der Waals surface area (Å²) in [5.41, 5.74) is 6.48. The number of phenols is 1. The Hall–Kier alpha value is -4.50. The number of aliphatic carboxylic acids is 2. The molecule has 0 radical (unpaired) electrons. The quantitative estimate of drug-likeness (QED) is 0.124. The molecule has 5 atom stereocenters. The average Bonchev–Trinajstić information content (AvgIpc) is 3.35. The first-order chi connectivity index (χ1) is 17.9. The number of rotatable bonds is 14. The zero-order chi connectivity index (χ0) is 28.4. The highest BCUT2D eigenvalue weighted by Crippen LogP contribution is 2.12. The molecule has 0 aliphatic carbocycles. The molecule has 1 aromatic carbocycles. The number of nitrogens with zero attached hydrogens (tertiary/aromatic N) is 1. The van der Waals surface area contributed by atoms with E-state index in [1.165, 1.54) is 43.7 Å². The summed E-state index contributed by atoms with van der Waals surface area (Å²) in [7, 11) is 0. The van der Waals surface area contributed by atoms with Crippen LogP contribution in [0.1, 0.15) is 24.6 Å². The van der Waals surface area contributed by atoms with Crippen LogP contribution in [0.15, 0.2) is 36.8 Å². The molecule has 0 spiro atoms. The van der Waals surface area contributed by atoms with E-state index in [0.717, 1.165) is 0 Å². The van der Waals surface area contributed by atoms with Gasteiger partial charge in [-0.3, -0.25) is 19.2 Å². The largest absolute Gasteiger partial charge is 0.508 e. The zero-order valence-electron chi connectivity index (χ0n) is 20.3. The van der Waals surface area contributed by atoms with Crippen molar-refractivity contribution in [2.75, 3.05) is 0 Å². The van der Waals surface area contributed by atoms with Crippen LogP contribution in [0, 0.1) is 0 Å². The van der Waals surface area contributed by atoms with Gasteiger partial charge in [0.15, 0.2) is 0 Å². The van der Waals surface area contributed by atoms with Crippen LogP contribution < -0.4 is 21.7 Å². The zero-order valence-corrected chi connectivity index (χ0v) is 20.3. The molecule has 206 valence electrons. The highest BCUT2D eigenvalue weighted by atomic mass is 16.4. The number of aliphatic hydroxyl groups is 1. The summed E-state index contributed by atoms with van der Waals surface area (Å²) in [5, 5.41) is 44.9. The number of carbonyl (C=O) groups excluding carboxylic acids is 3. The van der Waals surface area contributed by atoms with Crippen molar-refractivity contribution in [1.82, 2.24) is 25.9 Å². The number of hydrogen-bond acceptors (Lipinski definition) is 9. The third kappa shape index (κ3) is 9.18. The van der Waals surface area contributed by atoms with E-state index >= 15 is 0 Å². The standard InChI is InChI=1S/C23H30N6O9/c1-11(30)19(22(36)28-17(23(37)38)6-12-2-4-14(31)5-3-12)29-21(35)16(7-13-9-25-10-26-13)27-20(34)15(24)8-18(32)33/h2-5,9-11,15-17,19,30-31H,6-8,24H2,1H3,(H,25,26)(H,27,34)(H,28,36)(H,29,35)(H,32,33)(H,37,38). The van der Waals surface area contributed by atoms with Crippen LogP contribution in [0.5, 0.6) is 5.75 Å². The van der Waals surface area contributed by atoms with E-state index in [4.69, 9.17) is 10.8 Å². The summed E-state index contributed by atoms with van der Waals surface area (Å²) in [5.74, 6) is -5.60. The Bertz CT molecular complexity index is 1120. The molecule has 5 unspecified atom stereocenters. The highest BCUT2D eigenvalue weighted by molar-refractivity contribution is 5.95. The van der Waals surface area contributed by atoms with Crippen molar-refractivity contribution < 1.29 is 44.4 Å². The number of imidazole rings is 1. The summed E-state index contributed by atoms with van der Waals surface area (Å²) in [6.45, 7) is 1.20. The van der Waals surface area contributed by atoms with Crippen LogP contribution in [-0.2, 0) is 36.8 Å². The molecule has 0 fully saturated rings.